The Bertz CT molecular complexity index is 997. The van der Waals surface area contributed by atoms with Gasteiger partial charge in [-0.05, 0) is 41.8 Å². The first-order valence-electron chi connectivity index (χ1n) is 11.2. The molecule has 3 aromatic carbocycles. The summed E-state index contributed by atoms with van der Waals surface area (Å²) in [5, 5.41) is 3.52. The van der Waals surface area contributed by atoms with E-state index in [9.17, 15) is 0 Å². The lowest BCUT2D eigenvalue weighted by molar-refractivity contribution is 0.233. The predicted molar refractivity (Wildman–Crippen MR) is 129 cm³/mol. The molecule has 1 heterocycles. The Morgan fingerprint density at radius 2 is 1.44 bits per heavy atom. The molecule has 5 nitrogen and oxygen atoms in total. The predicted octanol–water partition coefficient (Wildman–Crippen LogP) is 4.76. The zero-order chi connectivity index (χ0) is 22.3. The van der Waals surface area contributed by atoms with Crippen LogP contribution in [-0.2, 0) is 0 Å². The molecule has 1 unspecified atom stereocenters. The van der Waals surface area contributed by atoms with Gasteiger partial charge in [0.25, 0.3) is 0 Å². The van der Waals surface area contributed by atoms with Gasteiger partial charge >= 0.3 is 0 Å². The summed E-state index contributed by atoms with van der Waals surface area (Å²) in [7, 11) is 5.00. The summed E-state index contributed by atoms with van der Waals surface area (Å²) in [6.07, 6.45) is 1.11. The summed E-state index contributed by atoms with van der Waals surface area (Å²) in [5.74, 6) is 2.02. The molecule has 1 aliphatic rings. The van der Waals surface area contributed by atoms with Crippen molar-refractivity contribution in [2.75, 3.05) is 47.5 Å². The van der Waals surface area contributed by atoms with Crippen LogP contribution >= 0.6 is 0 Å². The van der Waals surface area contributed by atoms with Gasteiger partial charge in [0.05, 0.1) is 27.4 Å². The van der Waals surface area contributed by atoms with Crippen LogP contribution in [0.4, 0.5) is 0 Å². The standard InChI is InChI=1S/C27H32N2O3/c1-30-24-15-14-23(26(31-2)27(24)32-3)25(29-18-7-16-28-17-19-29)22-12-10-21(11-13-22)20-8-5-4-6-9-20/h4-6,8-15,25,28H,7,16-19H2,1-3H3. The fraction of sp³-hybridized carbons (Fsp3) is 0.333. The normalized spacial score (nSPS) is 15.6. The van der Waals surface area contributed by atoms with Gasteiger partial charge in [0.1, 0.15) is 0 Å². The molecule has 1 atom stereocenters. The molecule has 32 heavy (non-hydrogen) atoms. The van der Waals surface area contributed by atoms with Crippen molar-refractivity contribution in [1.82, 2.24) is 10.2 Å². The quantitative estimate of drug-likeness (QED) is 0.583. The third-order valence-electron chi connectivity index (χ3n) is 6.10. The fourth-order valence-corrected chi connectivity index (χ4v) is 4.54. The summed E-state index contributed by atoms with van der Waals surface area (Å²) >= 11 is 0. The summed E-state index contributed by atoms with van der Waals surface area (Å²) in [6.45, 7) is 3.98. The summed E-state index contributed by atoms with van der Waals surface area (Å²) in [6, 6.07) is 23.5. The Hall–Kier alpha value is -3.02. The van der Waals surface area contributed by atoms with Gasteiger partial charge in [-0.2, -0.15) is 0 Å². The van der Waals surface area contributed by atoms with E-state index >= 15 is 0 Å². The Balaban J connectivity index is 1.80. The molecule has 1 saturated heterocycles. The van der Waals surface area contributed by atoms with Gasteiger partial charge < -0.3 is 19.5 Å². The van der Waals surface area contributed by atoms with Crippen molar-refractivity contribution < 1.29 is 14.2 Å². The SMILES string of the molecule is COc1ccc(C(c2ccc(-c3ccccc3)cc2)N2CCCNCC2)c(OC)c1OC. The van der Waals surface area contributed by atoms with Crippen molar-refractivity contribution in [3.8, 4) is 28.4 Å². The highest BCUT2D eigenvalue weighted by Crippen LogP contribution is 2.45. The van der Waals surface area contributed by atoms with Crippen molar-refractivity contribution in [2.24, 2.45) is 0 Å². The van der Waals surface area contributed by atoms with Crippen LogP contribution in [0.5, 0.6) is 17.2 Å². The molecular formula is C27H32N2O3. The molecule has 0 amide bonds. The molecule has 4 rings (SSSR count). The minimum Gasteiger partial charge on any atom is -0.493 e. The molecule has 1 aliphatic heterocycles. The lowest BCUT2D eigenvalue weighted by Gasteiger charge is -2.33. The van der Waals surface area contributed by atoms with E-state index in [1.54, 1.807) is 21.3 Å². The van der Waals surface area contributed by atoms with Crippen molar-refractivity contribution in [2.45, 2.75) is 12.5 Å². The van der Waals surface area contributed by atoms with E-state index in [2.05, 4.69) is 64.8 Å². The topological polar surface area (TPSA) is 43.0 Å². The number of ether oxygens (including phenoxy) is 3. The van der Waals surface area contributed by atoms with Crippen molar-refractivity contribution in [3.05, 3.63) is 77.9 Å². The minimum atomic E-state index is 0.0504. The third-order valence-corrected chi connectivity index (χ3v) is 6.10. The average Bonchev–Trinajstić information content (AvgIpc) is 3.14. The second kappa shape index (κ2) is 10.5. The molecule has 1 N–H and O–H groups in total. The molecule has 0 aromatic heterocycles. The van der Waals surface area contributed by atoms with Gasteiger partial charge in [0.2, 0.25) is 5.75 Å². The molecule has 0 radical (unpaired) electrons. The molecular weight excluding hydrogens is 400 g/mol. The first kappa shape index (κ1) is 22.2. The number of nitrogens with one attached hydrogen (secondary N) is 1. The summed E-state index contributed by atoms with van der Waals surface area (Å²) in [4.78, 5) is 2.53. The van der Waals surface area contributed by atoms with Crippen molar-refractivity contribution in [1.29, 1.82) is 0 Å². The fourth-order valence-electron chi connectivity index (χ4n) is 4.54. The Labute approximate surface area is 190 Å². The number of nitrogens with zero attached hydrogens (tertiary/aromatic N) is 1. The maximum Gasteiger partial charge on any atom is 0.203 e. The monoisotopic (exact) mass is 432 g/mol. The van der Waals surface area contributed by atoms with Gasteiger partial charge in [-0.3, -0.25) is 4.90 Å². The summed E-state index contributed by atoms with van der Waals surface area (Å²) < 4.78 is 17.1. The Kier molecular flexibility index (Phi) is 7.30. The second-order valence-corrected chi connectivity index (χ2v) is 7.95. The number of hydrogen-bond donors (Lipinski definition) is 1. The number of benzene rings is 3. The molecule has 0 aliphatic carbocycles. The first-order valence-corrected chi connectivity index (χ1v) is 11.2. The van der Waals surface area contributed by atoms with Gasteiger partial charge in [0.15, 0.2) is 11.5 Å². The van der Waals surface area contributed by atoms with Crippen LogP contribution in [0, 0.1) is 0 Å². The lowest BCUT2D eigenvalue weighted by Crippen LogP contribution is -2.33. The summed E-state index contributed by atoms with van der Waals surface area (Å²) in [5.41, 5.74) is 4.75. The van der Waals surface area contributed by atoms with Crippen LogP contribution in [0.1, 0.15) is 23.6 Å². The molecule has 3 aromatic rings. The zero-order valence-electron chi connectivity index (χ0n) is 19.1. The van der Waals surface area contributed by atoms with E-state index in [0.717, 1.165) is 43.9 Å². The highest BCUT2D eigenvalue weighted by Gasteiger charge is 2.29. The molecule has 0 spiro atoms. The van der Waals surface area contributed by atoms with Gasteiger partial charge in [0, 0.05) is 25.2 Å². The van der Waals surface area contributed by atoms with E-state index < -0.39 is 0 Å². The first-order chi connectivity index (χ1) is 15.8. The van der Waals surface area contributed by atoms with E-state index in [0.29, 0.717) is 11.5 Å². The van der Waals surface area contributed by atoms with Crippen LogP contribution in [0.15, 0.2) is 66.7 Å². The molecule has 0 bridgehead atoms. The zero-order valence-corrected chi connectivity index (χ0v) is 19.1. The van der Waals surface area contributed by atoms with Gasteiger partial charge in [-0.1, -0.05) is 54.6 Å². The highest BCUT2D eigenvalue weighted by molar-refractivity contribution is 5.64. The number of rotatable bonds is 7. The maximum absolute atomic E-state index is 5.88. The van der Waals surface area contributed by atoms with E-state index in [-0.39, 0.29) is 6.04 Å². The van der Waals surface area contributed by atoms with Crippen molar-refractivity contribution in [3.63, 3.8) is 0 Å². The van der Waals surface area contributed by atoms with E-state index in [1.165, 1.54) is 16.7 Å². The van der Waals surface area contributed by atoms with Gasteiger partial charge in [-0.25, -0.2) is 0 Å². The lowest BCUT2D eigenvalue weighted by atomic mass is 9.93. The van der Waals surface area contributed by atoms with Crippen LogP contribution in [-0.4, -0.2) is 52.4 Å². The second-order valence-electron chi connectivity index (χ2n) is 7.95. The van der Waals surface area contributed by atoms with Crippen LogP contribution in [0.25, 0.3) is 11.1 Å². The van der Waals surface area contributed by atoms with E-state index in [1.807, 2.05) is 12.1 Å². The third kappa shape index (κ3) is 4.59. The van der Waals surface area contributed by atoms with Crippen LogP contribution in [0.3, 0.4) is 0 Å². The molecule has 5 heteroatoms. The van der Waals surface area contributed by atoms with Crippen molar-refractivity contribution >= 4 is 0 Å². The number of methoxy groups -OCH3 is 3. The minimum absolute atomic E-state index is 0.0504. The smallest absolute Gasteiger partial charge is 0.203 e. The van der Waals surface area contributed by atoms with Crippen LogP contribution < -0.4 is 19.5 Å². The average molecular weight is 433 g/mol. The van der Waals surface area contributed by atoms with Crippen LogP contribution in [0.2, 0.25) is 0 Å². The molecule has 0 saturated carbocycles. The number of hydrogen-bond acceptors (Lipinski definition) is 5. The Morgan fingerprint density at radius 1 is 0.719 bits per heavy atom. The maximum atomic E-state index is 5.88. The largest absolute Gasteiger partial charge is 0.493 e. The Morgan fingerprint density at radius 3 is 2.12 bits per heavy atom. The molecule has 1 fully saturated rings. The molecule has 168 valence electrons. The van der Waals surface area contributed by atoms with Gasteiger partial charge in [-0.15, -0.1) is 0 Å². The highest BCUT2D eigenvalue weighted by atomic mass is 16.5. The van der Waals surface area contributed by atoms with E-state index in [4.69, 9.17) is 14.2 Å².